The smallest absolute Gasteiger partial charge is 0.00387 e. The summed E-state index contributed by atoms with van der Waals surface area (Å²) >= 11 is 0. The Morgan fingerprint density at radius 3 is 1.42 bits per heavy atom. The van der Waals surface area contributed by atoms with E-state index in [0.29, 0.717) is 0 Å². The minimum Gasteiger partial charge on any atom is -0.301 e. The second kappa shape index (κ2) is 14.0. The predicted molar refractivity (Wildman–Crippen MR) is 122 cm³/mol. The highest BCUT2D eigenvalue weighted by molar-refractivity contribution is 4.77. The molecule has 0 amide bonds. The van der Waals surface area contributed by atoms with Crippen LogP contribution in [-0.2, 0) is 0 Å². The van der Waals surface area contributed by atoms with Gasteiger partial charge in [-0.05, 0) is 96.7 Å². The van der Waals surface area contributed by atoms with Gasteiger partial charge < -0.3 is 9.80 Å². The molecule has 1 atom stereocenters. The minimum atomic E-state index is 0. The Kier molecular flexibility index (Phi) is 15.1. The van der Waals surface area contributed by atoms with Crippen molar-refractivity contribution >= 4 is 0 Å². The molecule has 0 aromatic rings. The molecule has 0 saturated carbocycles. The summed E-state index contributed by atoms with van der Waals surface area (Å²) in [4.78, 5) is 5.22. The standard InChI is InChI=1S/2C11H23N.2CH4/c1-9(2)11-5-7-12(8-6-11)10(3)4;1-9(2)11-6-5-7-12(8-11)10(3)4;;/h2*9-11H,5-8H2,1-4H3;2*1H4. The molecule has 0 spiro atoms. The van der Waals surface area contributed by atoms with Crippen LogP contribution in [0.3, 0.4) is 0 Å². The van der Waals surface area contributed by atoms with Crippen LogP contribution in [-0.4, -0.2) is 48.1 Å². The summed E-state index contributed by atoms with van der Waals surface area (Å²) < 4.78 is 0. The number of hydrogen-bond acceptors (Lipinski definition) is 2. The molecule has 2 fully saturated rings. The average Bonchev–Trinajstić information content (AvgIpc) is 2.55. The summed E-state index contributed by atoms with van der Waals surface area (Å²) in [7, 11) is 0. The molecule has 2 nitrogen and oxygen atoms in total. The van der Waals surface area contributed by atoms with E-state index >= 15 is 0 Å². The molecular formula is C24H54N2. The zero-order chi connectivity index (χ0) is 18.3. The van der Waals surface area contributed by atoms with Crippen LogP contribution >= 0.6 is 0 Å². The topological polar surface area (TPSA) is 6.48 Å². The Morgan fingerprint density at radius 2 is 1.04 bits per heavy atom. The Labute approximate surface area is 168 Å². The van der Waals surface area contributed by atoms with E-state index in [2.05, 4.69) is 65.2 Å². The molecule has 26 heavy (non-hydrogen) atoms. The van der Waals surface area contributed by atoms with Crippen LogP contribution in [0.4, 0.5) is 0 Å². The molecule has 1 unspecified atom stereocenters. The van der Waals surface area contributed by atoms with E-state index in [9.17, 15) is 0 Å². The van der Waals surface area contributed by atoms with Crippen molar-refractivity contribution in [2.75, 3.05) is 26.2 Å². The Balaban J connectivity index is 0. The maximum Gasteiger partial charge on any atom is 0.00387 e. The Morgan fingerprint density at radius 1 is 0.577 bits per heavy atom. The number of rotatable bonds is 4. The summed E-state index contributed by atoms with van der Waals surface area (Å²) in [5.41, 5.74) is 0. The maximum absolute atomic E-state index is 2.62. The maximum atomic E-state index is 2.62. The second-order valence-corrected chi connectivity index (χ2v) is 9.45. The zero-order valence-electron chi connectivity index (χ0n) is 18.0. The summed E-state index contributed by atoms with van der Waals surface area (Å²) in [6.07, 6.45) is 5.67. The molecule has 2 heteroatoms. The van der Waals surface area contributed by atoms with Gasteiger partial charge in [-0.2, -0.15) is 0 Å². The summed E-state index contributed by atoms with van der Waals surface area (Å²) in [5.74, 6) is 3.69. The van der Waals surface area contributed by atoms with E-state index in [4.69, 9.17) is 0 Å². The van der Waals surface area contributed by atoms with Gasteiger partial charge in [0.15, 0.2) is 0 Å². The quantitative estimate of drug-likeness (QED) is 0.537. The highest BCUT2D eigenvalue weighted by atomic mass is 15.2. The molecule has 0 aromatic heterocycles. The molecule has 0 bridgehead atoms. The van der Waals surface area contributed by atoms with Crippen LogP contribution < -0.4 is 0 Å². The first kappa shape index (κ1) is 28.1. The predicted octanol–water partition coefficient (Wildman–Crippen LogP) is 6.80. The van der Waals surface area contributed by atoms with Crippen LogP contribution in [0.1, 0.15) is 95.9 Å². The van der Waals surface area contributed by atoms with Crippen LogP contribution in [0.2, 0.25) is 0 Å². The zero-order valence-corrected chi connectivity index (χ0v) is 18.0. The van der Waals surface area contributed by atoms with Gasteiger partial charge in [0.05, 0.1) is 0 Å². The van der Waals surface area contributed by atoms with Gasteiger partial charge in [0.2, 0.25) is 0 Å². The largest absolute Gasteiger partial charge is 0.301 e. The third-order valence-corrected chi connectivity index (χ3v) is 6.41. The third kappa shape index (κ3) is 9.74. The molecule has 2 heterocycles. The Hall–Kier alpha value is -0.0800. The first-order valence-corrected chi connectivity index (χ1v) is 10.7. The molecule has 2 rings (SSSR count). The fraction of sp³-hybridized carbons (Fsp3) is 1.00. The lowest BCUT2D eigenvalue weighted by atomic mass is 9.86. The highest BCUT2D eigenvalue weighted by Crippen LogP contribution is 2.25. The van der Waals surface area contributed by atoms with Gasteiger partial charge >= 0.3 is 0 Å². The van der Waals surface area contributed by atoms with Crippen molar-refractivity contribution in [1.29, 1.82) is 0 Å². The third-order valence-electron chi connectivity index (χ3n) is 6.41. The van der Waals surface area contributed by atoms with Crippen LogP contribution in [0.25, 0.3) is 0 Å². The van der Waals surface area contributed by atoms with Gasteiger partial charge in [0.25, 0.3) is 0 Å². The number of nitrogens with zero attached hydrogens (tertiary/aromatic N) is 2. The van der Waals surface area contributed by atoms with Crippen LogP contribution in [0, 0.1) is 23.7 Å². The van der Waals surface area contributed by atoms with E-state index in [1.54, 1.807) is 0 Å². The molecule has 2 aliphatic heterocycles. The summed E-state index contributed by atoms with van der Waals surface area (Å²) in [5, 5.41) is 0. The van der Waals surface area contributed by atoms with Gasteiger partial charge in [0, 0.05) is 18.6 Å². The summed E-state index contributed by atoms with van der Waals surface area (Å²) in [6, 6.07) is 1.49. The van der Waals surface area contributed by atoms with Gasteiger partial charge in [-0.25, -0.2) is 0 Å². The van der Waals surface area contributed by atoms with Crippen molar-refractivity contribution in [1.82, 2.24) is 9.80 Å². The highest BCUT2D eigenvalue weighted by Gasteiger charge is 2.23. The normalized spacial score (nSPS) is 22.8. The monoisotopic (exact) mass is 370 g/mol. The van der Waals surface area contributed by atoms with E-state index < -0.39 is 0 Å². The lowest BCUT2D eigenvalue weighted by Crippen LogP contribution is -2.41. The van der Waals surface area contributed by atoms with Crippen molar-refractivity contribution < 1.29 is 0 Å². The van der Waals surface area contributed by atoms with Crippen molar-refractivity contribution in [3.05, 3.63) is 0 Å². The van der Waals surface area contributed by atoms with E-state index in [1.807, 2.05) is 0 Å². The van der Waals surface area contributed by atoms with Gasteiger partial charge in [-0.15, -0.1) is 0 Å². The lowest BCUT2D eigenvalue weighted by Gasteiger charge is -2.37. The van der Waals surface area contributed by atoms with Gasteiger partial charge in [-0.1, -0.05) is 42.5 Å². The average molecular weight is 371 g/mol. The van der Waals surface area contributed by atoms with Crippen molar-refractivity contribution in [3.63, 3.8) is 0 Å². The molecule has 2 saturated heterocycles. The molecule has 0 N–H and O–H groups in total. The molecule has 0 aromatic carbocycles. The fourth-order valence-electron chi connectivity index (χ4n) is 4.16. The fourth-order valence-corrected chi connectivity index (χ4v) is 4.16. The number of piperidine rings is 2. The summed E-state index contributed by atoms with van der Waals surface area (Å²) in [6.45, 7) is 23.9. The number of likely N-dealkylation sites (tertiary alicyclic amines) is 2. The number of hydrogen-bond donors (Lipinski definition) is 0. The molecule has 160 valence electrons. The molecule has 0 radical (unpaired) electrons. The van der Waals surface area contributed by atoms with E-state index in [1.165, 1.54) is 51.9 Å². The second-order valence-electron chi connectivity index (χ2n) is 9.45. The SMILES string of the molecule is C.C.CC(C)C1CCCN(C(C)C)C1.CC(C)C1CCN(C(C)C)CC1. The van der Waals surface area contributed by atoms with Crippen LogP contribution in [0.5, 0.6) is 0 Å². The minimum absolute atomic E-state index is 0. The van der Waals surface area contributed by atoms with E-state index in [0.717, 1.165) is 35.8 Å². The molecule has 0 aliphatic carbocycles. The van der Waals surface area contributed by atoms with Crippen molar-refractivity contribution in [2.45, 2.75) is 108 Å². The van der Waals surface area contributed by atoms with Gasteiger partial charge in [0.1, 0.15) is 0 Å². The first-order valence-electron chi connectivity index (χ1n) is 10.7. The van der Waals surface area contributed by atoms with Crippen LogP contribution in [0.15, 0.2) is 0 Å². The Bertz CT molecular complexity index is 284. The van der Waals surface area contributed by atoms with E-state index in [-0.39, 0.29) is 14.9 Å². The molecule has 2 aliphatic rings. The van der Waals surface area contributed by atoms with Gasteiger partial charge in [-0.3, -0.25) is 0 Å². The molecular weight excluding hydrogens is 316 g/mol. The van der Waals surface area contributed by atoms with Crippen molar-refractivity contribution in [3.8, 4) is 0 Å². The van der Waals surface area contributed by atoms with Crippen molar-refractivity contribution in [2.24, 2.45) is 23.7 Å². The lowest BCUT2D eigenvalue weighted by molar-refractivity contribution is 0.117. The first-order chi connectivity index (χ1) is 11.2.